The number of aromatic nitrogens is 2. The van der Waals surface area contributed by atoms with Crippen molar-refractivity contribution in [3.8, 4) is 5.69 Å². The molecule has 37 heavy (non-hydrogen) atoms. The lowest BCUT2D eigenvalue weighted by molar-refractivity contribution is -0.383. The molecule has 0 spiro atoms. The molecule has 1 aromatic heterocycles. The molecule has 1 atom stereocenters. The second-order valence-corrected chi connectivity index (χ2v) is 8.19. The van der Waals surface area contributed by atoms with Crippen molar-refractivity contribution in [3.05, 3.63) is 106 Å². The highest BCUT2D eigenvalue weighted by Gasteiger charge is 2.73. The molecule has 11 heteroatoms. The van der Waals surface area contributed by atoms with Gasteiger partial charge >= 0.3 is 12.4 Å². The van der Waals surface area contributed by atoms with E-state index in [9.17, 15) is 31.1 Å². The number of hydrogen-bond acceptors (Lipinski definition) is 4. The van der Waals surface area contributed by atoms with Crippen molar-refractivity contribution in [1.82, 2.24) is 14.9 Å². The zero-order valence-electron chi connectivity index (χ0n) is 19.6. The van der Waals surface area contributed by atoms with Gasteiger partial charge in [-0.05, 0) is 36.9 Å². The monoisotopic (exact) mass is 521 g/mol. The van der Waals surface area contributed by atoms with Crippen molar-refractivity contribution >= 4 is 10.9 Å². The third-order valence-corrected chi connectivity index (χ3v) is 6.12. The maximum atomic E-state index is 13.7. The van der Waals surface area contributed by atoms with Gasteiger partial charge in [0.25, 0.3) is 11.2 Å². The van der Waals surface area contributed by atoms with Crippen LogP contribution in [0.3, 0.4) is 0 Å². The molecule has 3 aromatic carbocycles. The summed E-state index contributed by atoms with van der Waals surface area (Å²) in [6.07, 6.45) is -11.6. The topological polar surface area (TPSA) is 56.2 Å². The van der Waals surface area contributed by atoms with Gasteiger partial charge in [0.15, 0.2) is 0 Å². The second kappa shape index (κ2) is 9.64. The van der Waals surface area contributed by atoms with Crippen molar-refractivity contribution in [2.75, 3.05) is 14.2 Å². The summed E-state index contributed by atoms with van der Waals surface area (Å²) in [6, 6.07) is 18.2. The van der Waals surface area contributed by atoms with Gasteiger partial charge in [0.1, 0.15) is 5.82 Å². The smallest absolute Gasteiger partial charge is 0.357 e. The van der Waals surface area contributed by atoms with Crippen LogP contribution in [0.1, 0.15) is 23.0 Å². The molecule has 0 saturated carbocycles. The number of hydrogen-bond donors (Lipinski definition) is 1. The maximum absolute atomic E-state index is 13.7. The molecule has 1 N–H and O–H groups in total. The van der Waals surface area contributed by atoms with Crippen LogP contribution in [0.4, 0.5) is 26.3 Å². The number of benzene rings is 3. The fourth-order valence-corrected chi connectivity index (χ4v) is 4.37. The average Bonchev–Trinajstić information content (AvgIpc) is 2.85. The minimum absolute atomic E-state index is 0.0348. The molecule has 0 bridgehead atoms. The fraction of sp³-hybridized carbons (Fsp3) is 0.231. The Labute approximate surface area is 207 Å². The van der Waals surface area contributed by atoms with Gasteiger partial charge in [0.2, 0.25) is 0 Å². The van der Waals surface area contributed by atoms with Crippen LogP contribution in [0, 0.1) is 0 Å². The first-order valence-electron chi connectivity index (χ1n) is 11.0. The first kappa shape index (κ1) is 26.4. The van der Waals surface area contributed by atoms with E-state index in [4.69, 9.17) is 0 Å². The van der Waals surface area contributed by atoms with E-state index in [0.717, 1.165) is 17.7 Å². The number of nitrogens with one attached hydrogen (secondary N) is 1. The summed E-state index contributed by atoms with van der Waals surface area (Å²) in [5.41, 5.74) is -5.08. The third kappa shape index (κ3) is 4.38. The van der Waals surface area contributed by atoms with Gasteiger partial charge in [0.05, 0.1) is 22.6 Å². The van der Waals surface area contributed by atoms with Gasteiger partial charge in [-0.15, -0.1) is 0 Å². The quantitative estimate of drug-likeness (QED) is 0.333. The zero-order valence-corrected chi connectivity index (χ0v) is 19.6. The molecule has 0 aliphatic rings. The van der Waals surface area contributed by atoms with Crippen LogP contribution in [0.2, 0.25) is 0 Å². The van der Waals surface area contributed by atoms with Crippen molar-refractivity contribution in [2.45, 2.75) is 24.0 Å². The van der Waals surface area contributed by atoms with E-state index in [1.165, 1.54) is 4.57 Å². The number of halogens is 6. The molecular weight excluding hydrogens is 500 g/mol. The molecule has 0 radical (unpaired) electrons. The summed E-state index contributed by atoms with van der Waals surface area (Å²) in [7, 11) is 1.99. The predicted octanol–water partition coefficient (Wildman–Crippen LogP) is 5.66. The summed E-state index contributed by atoms with van der Waals surface area (Å²) < 4.78 is 87.5. The van der Waals surface area contributed by atoms with Crippen LogP contribution in [0.5, 0.6) is 0 Å². The Bertz CT molecular complexity index is 1430. The molecule has 194 valence electrons. The zero-order chi connectivity index (χ0) is 27.0. The van der Waals surface area contributed by atoms with Crippen LogP contribution < -0.4 is 10.9 Å². The predicted molar refractivity (Wildman–Crippen MR) is 125 cm³/mol. The van der Waals surface area contributed by atoms with Crippen LogP contribution in [-0.2, 0) is 10.3 Å². The largest absolute Gasteiger partial charge is 0.430 e. The second-order valence-electron chi connectivity index (χ2n) is 8.19. The lowest BCUT2D eigenvalue weighted by Crippen LogP contribution is -2.55. The van der Waals surface area contributed by atoms with Gasteiger partial charge < -0.3 is 10.1 Å². The lowest BCUT2D eigenvalue weighted by Gasteiger charge is -2.36. The standard InChI is InChI=1S/C26H21F6N3O2/c1-33-21(16-8-4-3-5-9-16)22-34-20-11-7-6-10-19(20)23(36)35(22)18-14-12-17(13-15-18)24(37-2,25(27,28)29)26(30,31)32/h3-15,21,33H,1-2H3. The molecule has 0 saturated heterocycles. The van der Waals surface area contributed by atoms with E-state index in [1.54, 1.807) is 61.6 Å². The van der Waals surface area contributed by atoms with Crippen LogP contribution in [0.25, 0.3) is 16.6 Å². The number of ether oxygens (including phenoxy) is 1. The number of fused-ring (bicyclic) bond motifs is 1. The van der Waals surface area contributed by atoms with Crippen molar-refractivity contribution in [1.29, 1.82) is 0 Å². The third-order valence-electron chi connectivity index (χ3n) is 6.12. The number of methoxy groups -OCH3 is 1. The van der Waals surface area contributed by atoms with Crippen LogP contribution in [-0.4, -0.2) is 36.1 Å². The van der Waals surface area contributed by atoms with Gasteiger partial charge in [0, 0.05) is 12.7 Å². The van der Waals surface area contributed by atoms with Crippen LogP contribution >= 0.6 is 0 Å². The lowest BCUT2D eigenvalue weighted by atomic mass is 9.91. The summed E-state index contributed by atoms with van der Waals surface area (Å²) in [4.78, 5) is 18.2. The number of alkyl halides is 6. The Morgan fingerprint density at radius 1 is 0.838 bits per heavy atom. The van der Waals surface area contributed by atoms with Gasteiger partial charge in [-0.2, -0.15) is 26.3 Å². The van der Waals surface area contributed by atoms with E-state index >= 15 is 0 Å². The Kier molecular flexibility index (Phi) is 6.87. The molecule has 0 aliphatic heterocycles. The molecule has 4 rings (SSSR count). The summed E-state index contributed by atoms with van der Waals surface area (Å²) >= 11 is 0. The fourth-order valence-electron chi connectivity index (χ4n) is 4.37. The molecule has 1 unspecified atom stereocenters. The minimum atomic E-state index is -5.79. The molecule has 1 heterocycles. The van der Waals surface area contributed by atoms with E-state index in [-0.39, 0.29) is 16.9 Å². The Morgan fingerprint density at radius 2 is 1.41 bits per heavy atom. The Morgan fingerprint density at radius 3 is 1.95 bits per heavy atom. The molecular formula is C26H21F6N3O2. The molecule has 5 nitrogen and oxygen atoms in total. The highest BCUT2D eigenvalue weighted by molar-refractivity contribution is 5.78. The van der Waals surface area contributed by atoms with Crippen molar-refractivity contribution < 1.29 is 31.1 Å². The van der Waals surface area contributed by atoms with E-state index < -0.39 is 35.1 Å². The number of para-hydroxylation sites is 1. The Hall–Kier alpha value is -3.70. The van der Waals surface area contributed by atoms with Crippen LogP contribution in [0.15, 0.2) is 83.7 Å². The van der Waals surface area contributed by atoms with Gasteiger partial charge in [-0.3, -0.25) is 9.36 Å². The van der Waals surface area contributed by atoms with Gasteiger partial charge in [-0.1, -0.05) is 54.6 Å². The van der Waals surface area contributed by atoms with Gasteiger partial charge in [-0.25, -0.2) is 4.98 Å². The summed E-state index contributed by atoms with van der Waals surface area (Å²) in [6.45, 7) is 0. The minimum Gasteiger partial charge on any atom is -0.357 e. The average molecular weight is 521 g/mol. The highest BCUT2D eigenvalue weighted by Crippen LogP contribution is 2.52. The first-order valence-corrected chi connectivity index (χ1v) is 11.0. The molecule has 0 aliphatic carbocycles. The number of nitrogens with zero attached hydrogens (tertiary/aromatic N) is 2. The van der Waals surface area contributed by atoms with E-state index in [2.05, 4.69) is 15.0 Å². The number of rotatable bonds is 6. The SMILES string of the molecule is CNC(c1ccccc1)c1nc2ccccc2c(=O)n1-c1ccc(C(OC)(C(F)(F)F)C(F)(F)F)cc1. The normalized spacial score (nSPS) is 13.6. The van der Waals surface area contributed by atoms with E-state index in [1.807, 2.05) is 0 Å². The first-order chi connectivity index (χ1) is 17.5. The highest BCUT2D eigenvalue weighted by atomic mass is 19.4. The molecule has 0 fully saturated rings. The summed E-state index contributed by atoms with van der Waals surface area (Å²) in [5, 5.41) is 3.31. The molecule has 0 amide bonds. The van der Waals surface area contributed by atoms with E-state index in [0.29, 0.717) is 24.8 Å². The Balaban J connectivity index is 1.97. The van der Waals surface area contributed by atoms with Crippen molar-refractivity contribution in [2.24, 2.45) is 0 Å². The maximum Gasteiger partial charge on any atom is 0.430 e. The molecule has 4 aromatic rings. The summed E-state index contributed by atoms with van der Waals surface area (Å²) in [5.74, 6) is 0.204. The van der Waals surface area contributed by atoms with Crippen molar-refractivity contribution in [3.63, 3.8) is 0 Å².